The number of primary amides is 1. The Morgan fingerprint density at radius 1 is 1.56 bits per heavy atom. The van der Waals surface area contributed by atoms with E-state index in [9.17, 15) is 9.18 Å². The molecule has 0 fully saturated rings. The van der Waals surface area contributed by atoms with E-state index < -0.39 is 0 Å². The predicted octanol–water partition coefficient (Wildman–Crippen LogP) is 2.22. The van der Waals surface area contributed by atoms with Crippen molar-refractivity contribution >= 4 is 17.7 Å². The van der Waals surface area contributed by atoms with Gasteiger partial charge in [0.2, 0.25) is 5.91 Å². The summed E-state index contributed by atoms with van der Waals surface area (Å²) in [6.45, 7) is 0.730. The fraction of sp³-hybridized carbons (Fsp3) is 0.462. The lowest BCUT2D eigenvalue weighted by molar-refractivity contribution is -0.118. The molecule has 0 bridgehead atoms. The van der Waals surface area contributed by atoms with Crippen LogP contribution in [0, 0.1) is 5.82 Å². The Morgan fingerprint density at radius 3 is 3.17 bits per heavy atom. The predicted molar refractivity (Wildman–Crippen MR) is 70.9 cm³/mol. The van der Waals surface area contributed by atoms with E-state index in [2.05, 4.69) is 5.32 Å². The molecule has 0 radical (unpaired) electrons. The van der Waals surface area contributed by atoms with Gasteiger partial charge in [-0.25, -0.2) is 4.39 Å². The van der Waals surface area contributed by atoms with Crippen molar-refractivity contribution in [3.8, 4) is 0 Å². The molecule has 5 heteroatoms. The van der Waals surface area contributed by atoms with Crippen LogP contribution in [0.25, 0.3) is 0 Å². The van der Waals surface area contributed by atoms with Gasteiger partial charge in [-0.1, -0.05) is 12.1 Å². The normalized spacial score (nSPS) is 18.4. The van der Waals surface area contributed by atoms with Gasteiger partial charge in [0.05, 0.1) is 0 Å². The van der Waals surface area contributed by atoms with E-state index in [1.807, 2.05) is 6.07 Å². The van der Waals surface area contributed by atoms with Gasteiger partial charge < -0.3 is 11.1 Å². The minimum absolute atomic E-state index is 0.138. The van der Waals surface area contributed by atoms with Gasteiger partial charge in [-0.05, 0) is 36.8 Å². The molecule has 1 aromatic rings. The fourth-order valence-electron chi connectivity index (χ4n) is 2.14. The molecule has 0 saturated carbocycles. The summed E-state index contributed by atoms with van der Waals surface area (Å²) in [6.07, 6.45) is 2.10. The first-order chi connectivity index (χ1) is 8.68. The maximum Gasteiger partial charge on any atom is 0.217 e. The second-order valence-electron chi connectivity index (χ2n) is 4.37. The Bertz CT molecular complexity index is 439. The third-order valence-corrected chi connectivity index (χ3v) is 4.18. The molecule has 3 nitrogen and oxygen atoms in total. The van der Waals surface area contributed by atoms with Crippen LogP contribution in [-0.4, -0.2) is 18.2 Å². The number of thioether (sulfide) groups is 1. The average Bonchev–Trinajstić information content (AvgIpc) is 2.35. The van der Waals surface area contributed by atoms with Gasteiger partial charge in [0.15, 0.2) is 0 Å². The maximum absolute atomic E-state index is 13.6. The second kappa shape index (κ2) is 6.20. The van der Waals surface area contributed by atoms with Gasteiger partial charge in [0.1, 0.15) is 5.82 Å². The zero-order valence-corrected chi connectivity index (χ0v) is 10.9. The molecule has 1 amide bonds. The molecule has 18 heavy (non-hydrogen) atoms. The van der Waals surface area contributed by atoms with Gasteiger partial charge in [-0.3, -0.25) is 4.79 Å². The van der Waals surface area contributed by atoms with Crippen LogP contribution in [0.3, 0.4) is 0 Å². The summed E-state index contributed by atoms with van der Waals surface area (Å²) in [5.41, 5.74) is 6.12. The van der Waals surface area contributed by atoms with Gasteiger partial charge >= 0.3 is 0 Å². The number of amides is 1. The van der Waals surface area contributed by atoms with Gasteiger partial charge in [-0.15, -0.1) is 11.8 Å². The van der Waals surface area contributed by atoms with E-state index in [1.54, 1.807) is 17.8 Å². The monoisotopic (exact) mass is 268 g/mol. The number of hydrogen-bond acceptors (Lipinski definition) is 3. The van der Waals surface area contributed by atoms with Crippen molar-refractivity contribution < 1.29 is 9.18 Å². The summed E-state index contributed by atoms with van der Waals surface area (Å²) >= 11 is 1.57. The number of carbonyl (C=O) groups is 1. The zero-order valence-electron chi connectivity index (χ0n) is 10.1. The Labute approximate surface area is 110 Å². The van der Waals surface area contributed by atoms with Crippen LogP contribution in [-0.2, 0) is 4.79 Å². The van der Waals surface area contributed by atoms with Gasteiger partial charge in [0, 0.05) is 17.4 Å². The summed E-state index contributed by atoms with van der Waals surface area (Å²) in [5, 5.41) is 3.37. The van der Waals surface area contributed by atoms with E-state index in [1.165, 1.54) is 6.07 Å². The molecule has 98 valence electrons. The molecule has 1 aliphatic heterocycles. The van der Waals surface area contributed by atoms with Crippen LogP contribution in [0.2, 0.25) is 0 Å². The molecule has 0 aromatic heterocycles. The average molecular weight is 268 g/mol. The SMILES string of the molecule is NC(=O)CCCNC1CCSc2c(F)cccc21. The molecule has 1 aliphatic rings. The fourth-order valence-corrected chi connectivity index (χ4v) is 3.28. The van der Waals surface area contributed by atoms with Crippen LogP contribution in [0.4, 0.5) is 4.39 Å². The lowest BCUT2D eigenvalue weighted by Crippen LogP contribution is -2.26. The van der Waals surface area contributed by atoms with Crippen molar-refractivity contribution in [2.75, 3.05) is 12.3 Å². The number of nitrogens with two attached hydrogens (primary N) is 1. The van der Waals surface area contributed by atoms with Crippen LogP contribution in [0.1, 0.15) is 30.9 Å². The number of benzene rings is 1. The molecule has 1 atom stereocenters. The molecule has 0 spiro atoms. The molecule has 0 aliphatic carbocycles. The summed E-state index contributed by atoms with van der Waals surface area (Å²) in [6, 6.07) is 5.40. The minimum atomic E-state index is -0.276. The van der Waals surface area contributed by atoms with Crippen molar-refractivity contribution in [1.82, 2.24) is 5.32 Å². The minimum Gasteiger partial charge on any atom is -0.370 e. The zero-order chi connectivity index (χ0) is 13.0. The summed E-state index contributed by atoms with van der Waals surface area (Å²) in [5.74, 6) is 0.505. The Morgan fingerprint density at radius 2 is 2.39 bits per heavy atom. The number of hydrogen-bond donors (Lipinski definition) is 2. The van der Waals surface area contributed by atoms with Crippen molar-refractivity contribution in [2.45, 2.75) is 30.2 Å². The van der Waals surface area contributed by atoms with Crippen molar-refractivity contribution in [3.63, 3.8) is 0 Å². The molecule has 0 saturated heterocycles. The summed E-state index contributed by atoms with van der Waals surface area (Å²) in [7, 11) is 0. The second-order valence-corrected chi connectivity index (χ2v) is 5.48. The number of fused-ring (bicyclic) bond motifs is 1. The largest absolute Gasteiger partial charge is 0.370 e. The van der Waals surface area contributed by atoms with Gasteiger partial charge in [-0.2, -0.15) is 0 Å². The van der Waals surface area contributed by atoms with E-state index in [-0.39, 0.29) is 17.8 Å². The molecule has 3 N–H and O–H groups in total. The smallest absolute Gasteiger partial charge is 0.217 e. The maximum atomic E-state index is 13.6. The number of halogens is 1. The molecule has 1 unspecified atom stereocenters. The third kappa shape index (κ3) is 3.23. The van der Waals surface area contributed by atoms with Gasteiger partial charge in [0.25, 0.3) is 0 Å². The van der Waals surface area contributed by atoms with E-state index >= 15 is 0 Å². The van der Waals surface area contributed by atoms with E-state index in [0.29, 0.717) is 6.42 Å². The Balaban J connectivity index is 1.96. The Kier molecular flexibility index (Phi) is 4.60. The highest BCUT2D eigenvalue weighted by molar-refractivity contribution is 7.99. The highest BCUT2D eigenvalue weighted by atomic mass is 32.2. The molecular formula is C13H17FN2OS. The molecule has 1 heterocycles. The Hall–Kier alpha value is -1.07. The van der Waals surface area contributed by atoms with Crippen LogP contribution < -0.4 is 11.1 Å². The quantitative estimate of drug-likeness (QED) is 0.805. The number of rotatable bonds is 5. The van der Waals surface area contributed by atoms with Crippen LogP contribution in [0.5, 0.6) is 0 Å². The summed E-state index contributed by atoms with van der Waals surface area (Å²) < 4.78 is 13.6. The number of carbonyl (C=O) groups excluding carboxylic acids is 1. The highest BCUT2D eigenvalue weighted by Gasteiger charge is 2.22. The first-order valence-electron chi connectivity index (χ1n) is 6.11. The van der Waals surface area contributed by atoms with Crippen LogP contribution in [0.15, 0.2) is 23.1 Å². The topological polar surface area (TPSA) is 55.1 Å². The molecular weight excluding hydrogens is 251 g/mol. The first-order valence-corrected chi connectivity index (χ1v) is 7.10. The van der Waals surface area contributed by atoms with E-state index in [0.717, 1.165) is 35.6 Å². The lowest BCUT2D eigenvalue weighted by atomic mass is 10.0. The van der Waals surface area contributed by atoms with E-state index in [4.69, 9.17) is 5.73 Å². The summed E-state index contributed by atoms with van der Waals surface area (Å²) in [4.78, 5) is 11.4. The molecule has 1 aromatic carbocycles. The van der Waals surface area contributed by atoms with Crippen molar-refractivity contribution in [2.24, 2.45) is 5.73 Å². The standard InChI is InChI=1S/C13H17FN2OS/c14-10-4-1-3-9-11(6-8-18-13(9)10)16-7-2-5-12(15)17/h1,3-4,11,16H,2,5-8H2,(H2,15,17). The van der Waals surface area contributed by atoms with Crippen molar-refractivity contribution in [1.29, 1.82) is 0 Å². The number of nitrogens with one attached hydrogen (secondary N) is 1. The first kappa shape index (κ1) is 13.4. The van der Waals surface area contributed by atoms with Crippen LogP contribution >= 0.6 is 11.8 Å². The lowest BCUT2D eigenvalue weighted by Gasteiger charge is -2.26. The highest BCUT2D eigenvalue weighted by Crippen LogP contribution is 2.37. The van der Waals surface area contributed by atoms with Crippen molar-refractivity contribution in [3.05, 3.63) is 29.6 Å². The third-order valence-electron chi connectivity index (χ3n) is 3.02. The molecule has 2 rings (SSSR count).